The first kappa shape index (κ1) is 16.7. The third-order valence-electron chi connectivity index (χ3n) is 3.52. The Balaban J connectivity index is 2.14. The van der Waals surface area contributed by atoms with Gasteiger partial charge < -0.3 is 5.32 Å². The summed E-state index contributed by atoms with van der Waals surface area (Å²) in [5, 5.41) is 3.24. The van der Waals surface area contributed by atoms with E-state index in [-0.39, 0.29) is 6.04 Å². The van der Waals surface area contributed by atoms with E-state index in [4.69, 9.17) is 0 Å². The number of anilines is 1. The zero-order valence-corrected chi connectivity index (χ0v) is 14.5. The van der Waals surface area contributed by atoms with Gasteiger partial charge in [-0.2, -0.15) is 12.7 Å². The normalized spacial score (nSPS) is 20.4. The molecular formula is C13H21BrN4O2S. The van der Waals surface area contributed by atoms with Gasteiger partial charge in [0, 0.05) is 31.5 Å². The van der Waals surface area contributed by atoms with Gasteiger partial charge in [-0.05, 0) is 41.4 Å². The average molecular weight is 377 g/mol. The Morgan fingerprint density at radius 2 is 2.29 bits per heavy atom. The molecule has 0 saturated carbocycles. The number of nitrogens with zero attached hydrogens (tertiary/aromatic N) is 2. The van der Waals surface area contributed by atoms with Crippen molar-refractivity contribution in [2.24, 2.45) is 0 Å². The van der Waals surface area contributed by atoms with E-state index in [1.54, 1.807) is 22.8 Å². The molecule has 1 aliphatic heterocycles. The van der Waals surface area contributed by atoms with Gasteiger partial charge in [0.2, 0.25) is 0 Å². The number of hydrogen-bond acceptors (Lipinski definition) is 4. The fourth-order valence-electron chi connectivity index (χ4n) is 2.46. The molecule has 0 bridgehead atoms. The lowest BCUT2D eigenvalue weighted by Gasteiger charge is -2.34. The summed E-state index contributed by atoms with van der Waals surface area (Å²) in [5.41, 5.74) is 0.512. The Morgan fingerprint density at radius 1 is 1.48 bits per heavy atom. The van der Waals surface area contributed by atoms with Crippen LogP contribution in [0.25, 0.3) is 0 Å². The summed E-state index contributed by atoms with van der Waals surface area (Å²) < 4.78 is 30.1. The monoisotopic (exact) mass is 376 g/mol. The number of rotatable bonds is 6. The van der Waals surface area contributed by atoms with Gasteiger partial charge in [-0.15, -0.1) is 0 Å². The molecule has 1 unspecified atom stereocenters. The van der Waals surface area contributed by atoms with E-state index < -0.39 is 10.2 Å². The van der Waals surface area contributed by atoms with Gasteiger partial charge in [-0.1, -0.05) is 13.3 Å². The molecule has 118 valence electrons. The van der Waals surface area contributed by atoms with Crippen LogP contribution in [-0.2, 0) is 10.2 Å². The van der Waals surface area contributed by atoms with Crippen molar-refractivity contribution in [2.75, 3.05) is 24.4 Å². The molecule has 0 spiro atoms. The van der Waals surface area contributed by atoms with Gasteiger partial charge in [0.1, 0.15) is 0 Å². The van der Waals surface area contributed by atoms with E-state index in [1.165, 1.54) is 0 Å². The number of aromatic nitrogens is 1. The van der Waals surface area contributed by atoms with Gasteiger partial charge in [0.15, 0.2) is 0 Å². The summed E-state index contributed by atoms with van der Waals surface area (Å²) in [4.78, 5) is 3.94. The topological polar surface area (TPSA) is 74.3 Å². The van der Waals surface area contributed by atoms with Crippen molar-refractivity contribution in [1.29, 1.82) is 0 Å². The SMILES string of the molecule is CCNCC1CCCCN1S(=O)(=O)Nc1ccncc1Br. The first-order valence-corrected chi connectivity index (χ1v) is 9.37. The molecule has 21 heavy (non-hydrogen) atoms. The molecule has 1 fully saturated rings. The smallest absolute Gasteiger partial charge is 0.301 e. The Hall–Kier alpha value is -0.700. The van der Waals surface area contributed by atoms with Crippen LogP contribution in [0.3, 0.4) is 0 Å². The zero-order valence-electron chi connectivity index (χ0n) is 12.0. The lowest BCUT2D eigenvalue weighted by molar-refractivity contribution is 0.248. The summed E-state index contributed by atoms with van der Waals surface area (Å²) in [6.07, 6.45) is 6.01. The van der Waals surface area contributed by atoms with E-state index in [0.717, 1.165) is 25.8 Å². The molecule has 2 rings (SSSR count). The molecule has 1 aromatic heterocycles. The van der Waals surface area contributed by atoms with Gasteiger partial charge in [-0.3, -0.25) is 9.71 Å². The second kappa shape index (κ2) is 7.53. The molecule has 1 saturated heterocycles. The third kappa shape index (κ3) is 4.38. The van der Waals surface area contributed by atoms with Crippen molar-refractivity contribution in [1.82, 2.24) is 14.6 Å². The minimum Gasteiger partial charge on any atom is -0.315 e. The highest BCUT2D eigenvalue weighted by atomic mass is 79.9. The molecule has 0 aliphatic carbocycles. The highest BCUT2D eigenvalue weighted by Crippen LogP contribution is 2.25. The van der Waals surface area contributed by atoms with E-state index in [2.05, 4.69) is 31.0 Å². The van der Waals surface area contributed by atoms with Crippen molar-refractivity contribution >= 4 is 31.8 Å². The average Bonchev–Trinajstić information content (AvgIpc) is 2.47. The lowest BCUT2D eigenvalue weighted by Crippen LogP contribution is -2.50. The van der Waals surface area contributed by atoms with Gasteiger partial charge >= 0.3 is 10.2 Å². The number of piperidine rings is 1. The van der Waals surface area contributed by atoms with Crippen molar-refractivity contribution in [3.8, 4) is 0 Å². The summed E-state index contributed by atoms with van der Waals surface area (Å²) >= 11 is 3.31. The number of pyridine rings is 1. The Kier molecular flexibility index (Phi) is 5.98. The van der Waals surface area contributed by atoms with Crippen molar-refractivity contribution < 1.29 is 8.42 Å². The molecule has 2 N–H and O–H groups in total. The van der Waals surface area contributed by atoms with Crippen LogP contribution in [0.5, 0.6) is 0 Å². The largest absolute Gasteiger partial charge is 0.315 e. The second-order valence-corrected chi connectivity index (χ2v) is 7.51. The number of halogens is 1. The highest BCUT2D eigenvalue weighted by Gasteiger charge is 2.32. The maximum atomic E-state index is 12.6. The van der Waals surface area contributed by atoms with Crippen molar-refractivity contribution in [3.63, 3.8) is 0 Å². The van der Waals surface area contributed by atoms with E-state index in [9.17, 15) is 8.42 Å². The quantitative estimate of drug-likeness (QED) is 0.795. The predicted octanol–water partition coefficient (Wildman–Crippen LogP) is 1.96. The van der Waals surface area contributed by atoms with Crippen LogP contribution in [0.15, 0.2) is 22.9 Å². The van der Waals surface area contributed by atoms with Crippen LogP contribution in [0.2, 0.25) is 0 Å². The van der Waals surface area contributed by atoms with Crippen LogP contribution in [-0.4, -0.2) is 43.4 Å². The summed E-state index contributed by atoms with van der Waals surface area (Å²) in [5.74, 6) is 0. The predicted molar refractivity (Wildman–Crippen MR) is 87.4 cm³/mol. The molecular weight excluding hydrogens is 356 g/mol. The summed E-state index contributed by atoms with van der Waals surface area (Å²) in [6.45, 7) is 4.12. The fraction of sp³-hybridized carbons (Fsp3) is 0.615. The number of likely N-dealkylation sites (N-methyl/N-ethyl adjacent to an activating group) is 1. The molecule has 0 aromatic carbocycles. The van der Waals surface area contributed by atoms with Crippen molar-refractivity contribution in [2.45, 2.75) is 32.2 Å². The Bertz CT molecular complexity index is 567. The minimum atomic E-state index is -3.55. The molecule has 1 aliphatic rings. The van der Waals surface area contributed by atoms with Crippen LogP contribution >= 0.6 is 15.9 Å². The summed E-state index contributed by atoms with van der Waals surface area (Å²) in [7, 11) is -3.55. The van der Waals surface area contributed by atoms with Crippen LogP contribution in [0.4, 0.5) is 5.69 Å². The van der Waals surface area contributed by atoms with Gasteiger partial charge in [-0.25, -0.2) is 0 Å². The first-order chi connectivity index (χ1) is 10.0. The molecule has 2 heterocycles. The van der Waals surface area contributed by atoms with Crippen molar-refractivity contribution in [3.05, 3.63) is 22.9 Å². The lowest BCUT2D eigenvalue weighted by atomic mass is 10.1. The maximum absolute atomic E-state index is 12.6. The van der Waals surface area contributed by atoms with Gasteiger partial charge in [0.05, 0.1) is 10.2 Å². The molecule has 8 heteroatoms. The number of hydrogen-bond donors (Lipinski definition) is 2. The minimum absolute atomic E-state index is 0.0109. The van der Waals surface area contributed by atoms with E-state index in [0.29, 0.717) is 23.2 Å². The first-order valence-electron chi connectivity index (χ1n) is 7.14. The van der Waals surface area contributed by atoms with Gasteiger partial charge in [0.25, 0.3) is 0 Å². The molecule has 0 amide bonds. The Morgan fingerprint density at radius 3 is 3.00 bits per heavy atom. The van der Waals surface area contributed by atoms with Crippen LogP contribution < -0.4 is 10.0 Å². The molecule has 1 aromatic rings. The maximum Gasteiger partial charge on any atom is 0.301 e. The Labute approximate surface area is 134 Å². The standard InChI is InChI=1S/C13H21BrN4O2S/c1-2-15-9-11-5-3-4-8-18(11)21(19,20)17-13-6-7-16-10-12(13)14/h6-7,10-11,15H,2-5,8-9H2,1H3,(H,16,17). The summed E-state index contributed by atoms with van der Waals surface area (Å²) in [6, 6.07) is 1.65. The third-order valence-corrected chi connectivity index (χ3v) is 5.73. The fourth-order valence-corrected chi connectivity index (χ4v) is 4.46. The van der Waals surface area contributed by atoms with Crippen LogP contribution in [0, 0.1) is 0 Å². The molecule has 1 atom stereocenters. The zero-order chi connectivity index (χ0) is 15.3. The van der Waals surface area contributed by atoms with Crippen LogP contribution in [0.1, 0.15) is 26.2 Å². The molecule has 6 nitrogen and oxygen atoms in total. The highest BCUT2D eigenvalue weighted by molar-refractivity contribution is 9.10. The van der Waals surface area contributed by atoms with E-state index in [1.807, 2.05) is 6.92 Å². The number of nitrogens with one attached hydrogen (secondary N) is 2. The second-order valence-electron chi connectivity index (χ2n) is 5.03. The van der Waals surface area contributed by atoms with E-state index >= 15 is 0 Å². The molecule has 0 radical (unpaired) electrons.